The fraction of sp³-hybridized carbons (Fsp3) is 0.455. The summed E-state index contributed by atoms with van der Waals surface area (Å²) >= 11 is 0. The number of benzene rings is 1. The lowest BCUT2D eigenvalue weighted by Gasteiger charge is -2.35. The highest BCUT2D eigenvalue weighted by Crippen LogP contribution is 2.21. The Kier molecular flexibility index (Phi) is 6.54. The molecule has 0 radical (unpaired) electrons. The molecule has 0 saturated carbocycles. The lowest BCUT2D eigenvalue weighted by molar-refractivity contribution is 0.122. The number of rotatable bonds is 5. The fourth-order valence-corrected chi connectivity index (χ4v) is 4.88. The second-order valence-corrected chi connectivity index (χ2v) is 9.73. The zero-order valence-corrected chi connectivity index (χ0v) is 18.9. The Bertz CT molecular complexity index is 1030. The molecule has 0 amide bonds. The summed E-state index contributed by atoms with van der Waals surface area (Å²) in [4.78, 5) is 13.6. The molecule has 1 aromatic carbocycles. The van der Waals surface area contributed by atoms with Crippen LogP contribution >= 0.6 is 0 Å². The maximum atomic E-state index is 12.8. The van der Waals surface area contributed by atoms with Gasteiger partial charge in [0.2, 0.25) is 16.0 Å². The second kappa shape index (κ2) is 9.33. The van der Waals surface area contributed by atoms with Crippen molar-refractivity contribution in [1.82, 2.24) is 14.3 Å². The molecule has 2 aliphatic rings. The van der Waals surface area contributed by atoms with Crippen molar-refractivity contribution in [2.45, 2.75) is 13.8 Å². The van der Waals surface area contributed by atoms with E-state index in [4.69, 9.17) is 9.72 Å². The van der Waals surface area contributed by atoms with E-state index < -0.39 is 10.0 Å². The number of aryl methyl sites for hydroxylation is 2. The predicted molar refractivity (Wildman–Crippen MR) is 123 cm³/mol. The Morgan fingerprint density at radius 3 is 2.26 bits per heavy atom. The van der Waals surface area contributed by atoms with Crippen LogP contribution in [0.1, 0.15) is 16.8 Å². The van der Waals surface area contributed by atoms with Crippen molar-refractivity contribution >= 4 is 27.9 Å². The minimum absolute atomic E-state index is 0.427. The van der Waals surface area contributed by atoms with Crippen LogP contribution in [0.2, 0.25) is 0 Å². The average Bonchev–Trinajstić information content (AvgIpc) is 2.79. The van der Waals surface area contributed by atoms with E-state index in [9.17, 15) is 8.42 Å². The number of anilines is 2. The Morgan fingerprint density at radius 1 is 0.903 bits per heavy atom. The minimum atomic E-state index is -3.46. The van der Waals surface area contributed by atoms with Crippen LogP contribution in [-0.2, 0) is 14.8 Å². The summed E-state index contributed by atoms with van der Waals surface area (Å²) in [5.41, 5.74) is 2.93. The van der Waals surface area contributed by atoms with Gasteiger partial charge in [0.15, 0.2) is 0 Å². The predicted octanol–water partition coefficient (Wildman–Crippen LogP) is 2.05. The van der Waals surface area contributed by atoms with Gasteiger partial charge in [-0.15, -0.1) is 0 Å². The monoisotopic (exact) mass is 443 g/mol. The van der Waals surface area contributed by atoms with Gasteiger partial charge >= 0.3 is 0 Å². The number of hydrogen-bond acceptors (Lipinski definition) is 7. The number of aromatic nitrogens is 2. The number of ether oxygens (including phenoxy) is 1. The summed E-state index contributed by atoms with van der Waals surface area (Å²) in [5, 5.41) is 1.30. The van der Waals surface area contributed by atoms with Crippen molar-refractivity contribution in [3.05, 3.63) is 52.6 Å². The molecule has 9 heteroatoms. The van der Waals surface area contributed by atoms with Crippen molar-refractivity contribution in [3.63, 3.8) is 0 Å². The summed E-state index contributed by atoms with van der Waals surface area (Å²) in [6.07, 6.45) is 1.66. The molecule has 0 aliphatic carbocycles. The van der Waals surface area contributed by atoms with Gasteiger partial charge in [-0.1, -0.05) is 29.8 Å². The van der Waals surface area contributed by atoms with E-state index in [2.05, 4.69) is 14.8 Å². The lowest BCUT2D eigenvalue weighted by atomic mass is 10.2. The molecule has 8 nitrogen and oxygen atoms in total. The zero-order valence-electron chi connectivity index (χ0n) is 18.1. The van der Waals surface area contributed by atoms with Crippen LogP contribution < -0.4 is 9.80 Å². The smallest absolute Gasteiger partial charge is 0.236 e. The first-order chi connectivity index (χ1) is 14.9. The maximum absolute atomic E-state index is 12.8. The van der Waals surface area contributed by atoms with Crippen molar-refractivity contribution in [3.8, 4) is 0 Å². The number of hydrogen-bond donors (Lipinski definition) is 0. The minimum Gasteiger partial charge on any atom is -0.378 e. The second-order valence-electron chi connectivity index (χ2n) is 7.91. The highest BCUT2D eigenvalue weighted by molar-refractivity contribution is 7.92. The van der Waals surface area contributed by atoms with Gasteiger partial charge in [-0.25, -0.2) is 13.4 Å². The third kappa shape index (κ3) is 5.41. The van der Waals surface area contributed by atoms with Gasteiger partial charge in [0, 0.05) is 56.4 Å². The van der Waals surface area contributed by atoms with Crippen LogP contribution in [0.3, 0.4) is 0 Å². The SMILES string of the molecule is Cc1ccc(/C=C/S(=O)(=O)N2CCN(c3cc(C)nc(N4CCOCC4)n3)CC2)cc1. The highest BCUT2D eigenvalue weighted by Gasteiger charge is 2.26. The molecule has 2 aromatic rings. The molecule has 0 atom stereocenters. The van der Waals surface area contributed by atoms with Crippen molar-refractivity contribution in [2.75, 3.05) is 62.3 Å². The normalized spacial score (nSPS) is 18.6. The molecule has 2 saturated heterocycles. The summed E-state index contributed by atoms with van der Waals surface area (Å²) in [5.74, 6) is 1.57. The Labute approximate surface area is 184 Å². The van der Waals surface area contributed by atoms with Crippen LogP contribution in [0.5, 0.6) is 0 Å². The van der Waals surface area contributed by atoms with Crippen molar-refractivity contribution < 1.29 is 13.2 Å². The number of nitrogens with zero attached hydrogens (tertiary/aromatic N) is 5. The van der Waals surface area contributed by atoms with Crippen molar-refractivity contribution in [1.29, 1.82) is 0 Å². The van der Waals surface area contributed by atoms with Crippen LogP contribution in [0.4, 0.5) is 11.8 Å². The maximum Gasteiger partial charge on any atom is 0.236 e. The van der Waals surface area contributed by atoms with E-state index in [1.165, 1.54) is 9.71 Å². The summed E-state index contributed by atoms with van der Waals surface area (Å²) in [6, 6.07) is 9.75. The number of piperazine rings is 1. The van der Waals surface area contributed by atoms with Gasteiger partial charge in [-0.3, -0.25) is 0 Å². The number of morpholine rings is 1. The molecular formula is C22H29N5O3S. The first-order valence-corrected chi connectivity index (χ1v) is 12.1. The quantitative estimate of drug-likeness (QED) is 0.700. The topological polar surface area (TPSA) is 78.9 Å². The van der Waals surface area contributed by atoms with E-state index in [1.54, 1.807) is 6.08 Å². The molecule has 166 valence electrons. The van der Waals surface area contributed by atoms with Crippen LogP contribution in [0.25, 0.3) is 6.08 Å². The molecule has 4 rings (SSSR count). The molecule has 1 aromatic heterocycles. The van der Waals surface area contributed by atoms with Gasteiger partial charge in [0.25, 0.3) is 0 Å². The summed E-state index contributed by atoms with van der Waals surface area (Å²) in [6.45, 7) is 8.93. The molecule has 0 unspecified atom stereocenters. The third-order valence-corrected chi connectivity index (χ3v) is 7.12. The average molecular weight is 444 g/mol. The third-order valence-electron chi connectivity index (χ3n) is 5.56. The molecule has 2 fully saturated rings. The first-order valence-electron chi connectivity index (χ1n) is 10.6. The molecule has 3 heterocycles. The highest BCUT2D eigenvalue weighted by atomic mass is 32.2. The van der Waals surface area contributed by atoms with Crippen molar-refractivity contribution in [2.24, 2.45) is 0 Å². The van der Waals surface area contributed by atoms with Gasteiger partial charge < -0.3 is 14.5 Å². The molecule has 2 aliphatic heterocycles. The lowest BCUT2D eigenvalue weighted by Crippen LogP contribution is -2.48. The molecule has 0 bridgehead atoms. The van der Waals surface area contributed by atoms with E-state index in [1.807, 2.05) is 44.2 Å². The largest absolute Gasteiger partial charge is 0.378 e. The van der Waals surface area contributed by atoms with Crippen LogP contribution in [-0.4, -0.2) is 75.2 Å². The van der Waals surface area contributed by atoms with E-state index in [0.717, 1.165) is 41.7 Å². The Morgan fingerprint density at radius 2 is 1.58 bits per heavy atom. The standard InChI is InChI=1S/C22H29N5O3S/c1-18-3-5-20(6-4-18)7-16-31(28,29)27-10-8-25(9-11-27)21-17-19(2)23-22(24-21)26-12-14-30-15-13-26/h3-7,16-17H,8-15H2,1-2H3/b16-7+. The Balaban J connectivity index is 1.41. The van der Waals surface area contributed by atoms with Gasteiger partial charge in [-0.2, -0.15) is 9.29 Å². The number of sulfonamides is 1. The van der Waals surface area contributed by atoms with Gasteiger partial charge in [0.05, 0.1) is 13.2 Å². The zero-order chi connectivity index (χ0) is 21.8. The Hall–Kier alpha value is -2.49. The van der Waals surface area contributed by atoms with Crippen LogP contribution in [0, 0.1) is 13.8 Å². The first kappa shape index (κ1) is 21.7. The van der Waals surface area contributed by atoms with E-state index >= 15 is 0 Å². The van der Waals surface area contributed by atoms with Crippen LogP contribution in [0.15, 0.2) is 35.7 Å². The molecular weight excluding hydrogens is 414 g/mol. The summed E-state index contributed by atoms with van der Waals surface area (Å²) in [7, 11) is -3.46. The molecule has 0 spiro atoms. The summed E-state index contributed by atoms with van der Waals surface area (Å²) < 4.78 is 32.5. The van der Waals surface area contributed by atoms with Gasteiger partial charge in [-0.05, 0) is 25.5 Å². The molecule has 31 heavy (non-hydrogen) atoms. The fourth-order valence-electron chi connectivity index (χ4n) is 3.70. The van der Waals surface area contributed by atoms with Gasteiger partial charge in [0.1, 0.15) is 5.82 Å². The van der Waals surface area contributed by atoms with E-state index in [0.29, 0.717) is 39.4 Å². The molecule has 0 N–H and O–H groups in total. The van der Waals surface area contributed by atoms with E-state index in [-0.39, 0.29) is 0 Å².